The maximum atomic E-state index is 13.5. The lowest BCUT2D eigenvalue weighted by Gasteiger charge is -2.20. The summed E-state index contributed by atoms with van der Waals surface area (Å²) in [6, 6.07) is 3.61. The van der Waals surface area contributed by atoms with Crippen LogP contribution >= 0.6 is 0 Å². The van der Waals surface area contributed by atoms with E-state index in [1.54, 1.807) is 0 Å². The second-order valence-corrected chi connectivity index (χ2v) is 5.26. The number of nitrogens with one attached hydrogen (secondary N) is 2. The van der Waals surface area contributed by atoms with Crippen LogP contribution in [0.2, 0.25) is 0 Å². The number of para-hydroxylation sites is 1. The maximum absolute atomic E-state index is 13.5. The zero-order valence-electron chi connectivity index (χ0n) is 11.4. The summed E-state index contributed by atoms with van der Waals surface area (Å²) in [5.41, 5.74) is -0.515. The number of hydrogen-bond acceptors (Lipinski definition) is 5. The van der Waals surface area contributed by atoms with E-state index in [2.05, 4.69) is 25.8 Å². The van der Waals surface area contributed by atoms with Gasteiger partial charge in [-0.1, -0.05) is 6.07 Å². The van der Waals surface area contributed by atoms with Crippen molar-refractivity contribution in [2.45, 2.75) is 26.3 Å². The molecule has 5 nitrogen and oxygen atoms in total. The molecule has 0 aliphatic rings. The van der Waals surface area contributed by atoms with E-state index >= 15 is 0 Å². The zero-order chi connectivity index (χ0) is 14.8. The average Bonchev–Trinajstić information content (AvgIpc) is 2.32. The molecule has 0 aliphatic heterocycles. The molecule has 2 rings (SSSR count). The van der Waals surface area contributed by atoms with Crippen LogP contribution < -0.4 is 10.6 Å². The summed E-state index contributed by atoms with van der Waals surface area (Å²) in [7, 11) is 0. The van der Waals surface area contributed by atoms with Crippen molar-refractivity contribution in [2.24, 2.45) is 0 Å². The van der Waals surface area contributed by atoms with Crippen LogP contribution in [0.5, 0.6) is 0 Å². The summed E-state index contributed by atoms with van der Waals surface area (Å²) >= 11 is 0. The number of aromatic nitrogens is 3. The van der Waals surface area contributed by atoms with Crippen LogP contribution in [0.15, 0.2) is 24.4 Å². The van der Waals surface area contributed by atoms with Crippen LogP contribution in [0, 0.1) is 11.6 Å². The molecule has 1 aromatic carbocycles. The molecular weight excluding hydrogens is 264 g/mol. The summed E-state index contributed by atoms with van der Waals surface area (Å²) in [6.45, 7) is 5.81. The van der Waals surface area contributed by atoms with Gasteiger partial charge in [0.05, 0.1) is 6.20 Å². The van der Waals surface area contributed by atoms with E-state index in [1.807, 2.05) is 20.8 Å². The first-order valence-electron chi connectivity index (χ1n) is 6.04. The molecule has 7 heteroatoms. The van der Waals surface area contributed by atoms with Crippen molar-refractivity contribution in [3.63, 3.8) is 0 Å². The fourth-order valence-electron chi connectivity index (χ4n) is 1.50. The Morgan fingerprint density at radius 3 is 2.35 bits per heavy atom. The van der Waals surface area contributed by atoms with Crippen LogP contribution in [0.4, 0.5) is 26.2 Å². The molecule has 0 saturated carbocycles. The van der Waals surface area contributed by atoms with Crippen molar-refractivity contribution in [3.05, 3.63) is 36.0 Å². The molecule has 106 valence electrons. The first kappa shape index (κ1) is 14.1. The van der Waals surface area contributed by atoms with Gasteiger partial charge in [-0.15, -0.1) is 5.10 Å². The molecule has 0 atom stereocenters. The Hall–Kier alpha value is -2.31. The molecule has 0 radical (unpaired) electrons. The minimum absolute atomic E-state index is 0.204. The second kappa shape index (κ2) is 5.36. The highest BCUT2D eigenvalue weighted by Gasteiger charge is 2.13. The molecule has 0 aliphatic carbocycles. The van der Waals surface area contributed by atoms with E-state index in [1.165, 1.54) is 12.3 Å². The lowest BCUT2D eigenvalue weighted by atomic mass is 10.1. The Labute approximate surface area is 115 Å². The van der Waals surface area contributed by atoms with Gasteiger partial charge in [0.25, 0.3) is 0 Å². The second-order valence-electron chi connectivity index (χ2n) is 5.26. The number of benzene rings is 1. The molecule has 0 spiro atoms. The van der Waals surface area contributed by atoms with E-state index in [9.17, 15) is 8.78 Å². The third-order valence-corrected chi connectivity index (χ3v) is 2.26. The zero-order valence-corrected chi connectivity index (χ0v) is 11.4. The average molecular weight is 279 g/mol. The SMILES string of the molecule is CC(C)(C)Nc1nncc(Nc2c(F)cccc2F)n1. The normalized spacial score (nSPS) is 11.2. The molecule has 1 heterocycles. The predicted octanol–water partition coefficient (Wildman–Crippen LogP) is 3.10. The number of halogens is 2. The van der Waals surface area contributed by atoms with E-state index in [4.69, 9.17) is 0 Å². The van der Waals surface area contributed by atoms with Gasteiger partial charge in [0.2, 0.25) is 5.95 Å². The third-order valence-electron chi connectivity index (χ3n) is 2.26. The Bertz CT molecular complexity index is 590. The highest BCUT2D eigenvalue weighted by molar-refractivity contribution is 5.57. The van der Waals surface area contributed by atoms with Gasteiger partial charge in [0.1, 0.15) is 17.3 Å². The van der Waals surface area contributed by atoms with Crippen molar-refractivity contribution >= 4 is 17.5 Å². The number of rotatable bonds is 3. The summed E-state index contributed by atoms with van der Waals surface area (Å²) in [4.78, 5) is 4.11. The summed E-state index contributed by atoms with van der Waals surface area (Å²) < 4.78 is 27.1. The lowest BCUT2D eigenvalue weighted by molar-refractivity contribution is 0.590. The van der Waals surface area contributed by atoms with Crippen LogP contribution in [0.25, 0.3) is 0 Å². The molecule has 0 amide bonds. The molecule has 0 fully saturated rings. The summed E-state index contributed by atoms with van der Waals surface area (Å²) in [5.74, 6) is -0.919. The number of hydrogen-bond donors (Lipinski definition) is 2. The Morgan fingerprint density at radius 1 is 1.10 bits per heavy atom. The first-order chi connectivity index (χ1) is 9.35. The van der Waals surface area contributed by atoms with Crippen molar-refractivity contribution < 1.29 is 8.78 Å². The smallest absolute Gasteiger partial charge is 0.245 e. The Balaban J connectivity index is 2.24. The fourth-order valence-corrected chi connectivity index (χ4v) is 1.50. The van der Waals surface area contributed by atoms with Crippen molar-refractivity contribution in [1.29, 1.82) is 0 Å². The number of anilines is 3. The van der Waals surface area contributed by atoms with E-state index in [0.717, 1.165) is 12.1 Å². The fraction of sp³-hybridized carbons (Fsp3) is 0.308. The molecule has 2 N–H and O–H groups in total. The van der Waals surface area contributed by atoms with Gasteiger partial charge >= 0.3 is 0 Å². The lowest BCUT2D eigenvalue weighted by Crippen LogP contribution is -2.27. The molecular formula is C13H15F2N5. The van der Waals surface area contributed by atoms with Gasteiger partial charge in [-0.25, -0.2) is 8.78 Å². The van der Waals surface area contributed by atoms with Crippen LogP contribution in [0.1, 0.15) is 20.8 Å². The highest BCUT2D eigenvalue weighted by atomic mass is 19.1. The standard InChI is InChI=1S/C13H15F2N5/c1-13(2,3)19-12-18-10(7-16-20-12)17-11-8(14)5-4-6-9(11)15/h4-7H,1-3H3,(H2,17,18,19,20). The minimum Gasteiger partial charge on any atom is -0.348 e. The monoisotopic (exact) mass is 279 g/mol. The van der Waals surface area contributed by atoms with Crippen LogP contribution in [-0.4, -0.2) is 20.7 Å². The van der Waals surface area contributed by atoms with Crippen molar-refractivity contribution in [1.82, 2.24) is 15.2 Å². The third kappa shape index (κ3) is 3.59. The summed E-state index contributed by atoms with van der Waals surface area (Å²) in [6.07, 6.45) is 1.29. The van der Waals surface area contributed by atoms with E-state index in [-0.39, 0.29) is 23.0 Å². The molecule has 2 aromatic rings. The molecule has 0 bridgehead atoms. The Morgan fingerprint density at radius 2 is 1.75 bits per heavy atom. The molecule has 0 saturated heterocycles. The van der Waals surface area contributed by atoms with Gasteiger partial charge in [-0.2, -0.15) is 10.1 Å². The number of nitrogens with zero attached hydrogens (tertiary/aromatic N) is 3. The quantitative estimate of drug-likeness (QED) is 0.904. The largest absolute Gasteiger partial charge is 0.348 e. The molecule has 20 heavy (non-hydrogen) atoms. The first-order valence-corrected chi connectivity index (χ1v) is 6.04. The van der Waals surface area contributed by atoms with E-state index in [0.29, 0.717) is 0 Å². The van der Waals surface area contributed by atoms with Gasteiger partial charge in [0, 0.05) is 5.54 Å². The minimum atomic E-state index is -0.700. The predicted molar refractivity (Wildman–Crippen MR) is 72.8 cm³/mol. The van der Waals surface area contributed by atoms with Crippen molar-refractivity contribution in [3.8, 4) is 0 Å². The van der Waals surface area contributed by atoms with Gasteiger partial charge in [-0.3, -0.25) is 0 Å². The van der Waals surface area contributed by atoms with Crippen molar-refractivity contribution in [2.75, 3.05) is 10.6 Å². The van der Waals surface area contributed by atoms with Gasteiger partial charge in [0.15, 0.2) is 5.82 Å². The summed E-state index contributed by atoms with van der Waals surface area (Å²) in [5, 5.41) is 13.1. The maximum Gasteiger partial charge on any atom is 0.245 e. The van der Waals surface area contributed by atoms with Crippen LogP contribution in [0.3, 0.4) is 0 Å². The Kier molecular flexibility index (Phi) is 3.78. The van der Waals surface area contributed by atoms with Gasteiger partial charge in [-0.05, 0) is 32.9 Å². The van der Waals surface area contributed by atoms with Crippen LogP contribution in [-0.2, 0) is 0 Å². The van der Waals surface area contributed by atoms with Gasteiger partial charge < -0.3 is 10.6 Å². The topological polar surface area (TPSA) is 62.7 Å². The van der Waals surface area contributed by atoms with E-state index < -0.39 is 11.6 Å². The molecule has 1 aromatic heterocycles. The highest BCUT2D eigenvalue weighted by Crippen LogP contribution is 2.22. The molecule has 0 unspecified atom stereocenters.